The zero-order chi connectivity index (χ0) is 18.1. The van der Waals surface area contributed by atoms with Gasteiger partial charge in [-0.05, 0) is 32.1 Å². The summed E-state index contributed by atoms with van der Waals surface area (Å²) >= 11 is 0. The Morgan fingerprint density at radius 3 is 2.68 bits per heavy atom. The van der Waals surface area contributed by atoms with Crippen LogP contribution in [0.15, 0.2) is 4.99 Å². The number of rotatable bonds is 6. The van der Waals surface area contributed by atoms with Gasteiger partial charge in [-0.25, -0.2) is 0 Å². The van der Waals surface area contributed by atoms with Crippen molar-refractivity contribution in [1.29, 1.82) is 0 Å². The van der Waals surface area contributed by atoms with Gasteiger partial charge >= 0.3 is 5.97 Å². The van der Waals surface area contributed by atoms with E-state index in [9.17, 15) is 4.79 Å². The number of guanidine groups is 1. The van der Waals surface area contributed by atoms with Gasteiger partial charge in [-0.3, -0.25) is 9.79 Å². The Morgan fingerprint density at radius 2 is 2.08 bits per heavy atom. The maximum absolute atomic E-state index is 11.5. The third kappa shape index (κ3) is 6.47. The van der Waals surface area contributed by atoms with Crippen LogP contribution in [0.1, 0.15) is 39.0 Å². The molecular formula is C18H33N3O4. The summed E-state index contributed by atoms with van der Waals surface area (Å²) in [6.45, 7) is 5.77. The van der Waals surface area contributed by atoms with E-state index in [1.165, 1.54) is 20.0 Å². The highest BCUT2D eigenvalue weighted by atomic mass is 16.5. The van der Waals surface area contributed by atoms with Crippen molar-refractivity contribution in [2.75, 3.05) is 47.0 Å². The molecule has 2 saturated heterocycles. The van der Waals surface area contributed by atoms with Crippen LogP contribution in [-0.2, 0) is 19.0 Å². The summed E-state index contributed by atoms with van der Waals surface area (Å²) in [4.78, 5) is 18.0. The Labute approximate surface area is 151 Å². The summed E-state index contributed by atoms with van der Waals surface area (Å²) in [6, 6.07) is 0. The molecule has 2 rings (SSSR count). The van der Waals surface area contributed by atoms with Gasteiger partial charge in [0.25, 0.3) is 0 Å². The van der Waals surface area contributed by atoms with Crippen molar-refractivity contribution in [3.05, 3.63) is 0 Å². The Balaban J connectivity index is 1.67. The maximum atomic E-state index is 11.5. The highest BCUT2D eigenvalue weighted by Gasteiger charge is 2.24. The molecule has 0 bridgehead atoms. The number of esters is 1. The molecule has 0 aromatic carbocycles. The minimum absolute atomic E-state index is 0.196. The van der Waals surface area contributed by atoms with Crippen molar-refractivity contribution in [3.63, 3.8) is 0 Å². The molecule has 2 atom stereocenters. The monoisotopic (exact) mass is 355 g/mol. The Bertz CT molecular complexity index is 430. The van der Waals surface area contributed by atoms with E-state index in [2.05, 4.69) is 15.2 Å². The number of hydrogen-bond acceptors (Lipinski definition) is 5. The molecule has 1 N–H and O–H groups in total. The number of methoxy groups -OCH3 is 1. The van der Waals surface area contributed by atoms with Gasteiger partial charge in [0.15, 0.2) is 5.96 Å². The molecule has 25 heavy (non-hydrogen) atoms. The summed E-state index contributed by atoms with van der Waals surface area (Å²) in [5.74, 6) is 0.433. The average Bonchev–Trinajstić information content (AvgIpc) is 2.67. The molecule has 0 aromatic rings. The maximum Gasteiger partial charge on any atom is 0.310 e. The van der Waals surface area contributed by atoms with Crippen LogP contribution in [0, 0.1) is 5.92 Å². The number of ether oxygens (including phenoxy) is 3. The second kappa shape index (κ2) is 10.6. The second-order valence-electron chi connectivity index (χ2n) is 6.86. The predicted octanol–water partition coefficient (Wildman–Crippen LogP) is 1.42. The van der Waals surface area contributed by atoms with Crippen molar-refractivity contribution in [1.82, 2.24) is 10.2 Å². The zero-order valence-electron chi connectivity index (χ0n) is 15.8. The molecule has 0 aliphatic carbocycles. The Hall–Kier alpha value is -1.34. The topological polar surface area (TPSA) is 72.4 Å². The SMILES string of the molecule is CN=C(NCC(C)C(=O)OC)N1CCC(OCC2CCCCO2)CC1. The summed E-state index contributed by atoms with van der Waals surface area (Å²) in [7, 11) is 3.19. The van der Waals surface area contributed by atoms with E-state index in [0.29, 0.717) is 19.3 Å². The first-order chi connectivity index (χ1) is 12.1. The van der Waals surface area contributed by atoms with Crippen LogP contribution in [0.4, 0.5) is 0 Å². The lowest BCUT2D eigenvalue weighted by molar-refractivity contribution is -0.144. The molecule has 0 aromatic heterocycles. The Morgan fingerprint density at radius 1 is 1.32 bits per heavy atom. The first kappa shape index (κ1) is 20.0. The van der Waals surface area contributed by atoms with E-state index >= 15 is 0 Å². The van der Waals surface area contributed by atoms with Crippen molar-refractivity contribution in [2.24, 2.45) is 10.9 Å². The van der Waals surface area contributed by atoms with Gasteiger partial charge in [0.2, 0.25) is 0 Å². The second-order valence-corrected chi connectivity index (χ2v) is 6.86. The highest BCUT2D eigenvalue weighted by molar-refractivity contribution is 5.81. The normalized spacial score (nSPS) is 24.0. The van der Waals surface area contributed by atoms with Crippen LogP contribution in [0.2, 0.25) is 0 Å². The van der Waals surface area contributed by atoms with Crippen LogP contribution >= 0.6 is 0 Å². The van der Waals surface area contributed by atoms with Crippen molar-refractivity contribution in [3.8, 4) is 0 Å². The van der Waals surface area contributed by atoms with E-state index < -0.39 is 0 Å². The number of nitrogens with zero attached hydrogens (tertiary/aromatic N) is 2. The van der Waals surface area contributed by atoms with Crippen LogP contribution < -0.4 is 5.32 Å². The molecular weight excluding hydrogens is 322 g/mol. The molecule has 0 radical (unpaired) electrons. The van der Waals surface area contributed by atoms with Crippen molar-refractivity contribution >= 4 is 11.9 Å². The predicted molar refractivity (Wildman–Crippen MR) is 96.7 cm³/mol. The molecule has 7 heteroatoms. The van der Waals surface area contributed by atoms with Gasteiger partial charge in [-0.2, -0.15) is 0 Å². The lowest BCUT2D eigenvalue weighted by atomic mass is 10.1. The number of hydrogen-bond donors (Lipinski definition) is 1. The van der Waals surface area contributed by atoms with Gasteiger partial charge < -0.3 is 24.4 Å². The summed E-state index contributed by atoms with van der Waals surface area (Å²) in [5, 5.41) is 3.27. The standard InChI is InChI=1S/C18H33N3O4/c1-14(17(22)23-3)12-20-18(19-2)21-9-7-15(8-10-21)25-13-16-6-4-5-11-24-16/h14-16H,4-13H2,1-3H3,(H,19,20). The summed E-state index contributed by atoms with van der Waals surface area (Å²) in [5.41, 5.74) is 0. The number of aliphatic imine (C=N–C) groups is 1. The largest absolute Gasteiger partial charge is 0.469 e. The number of carbonyl (C=O) groups excluding carboxylic acids is 1. The molecule has 2 fully saturated rings. The Kier molecular flexibility index (Phi) is 8.48. The van der Waals surface area contributed by atoms with Crippen LogP contribution in [0.5, 0.6) is 0 Å². The van der Waals surface area contributed by atoms with E-state index in [-0.39, 0.29) is 18.0 Å². The fourth-order valence-electron chi connectivity index (χ4n) is 3.28. The smallest absolute Gasteiger partial charge is 0.310 e. The first-order valence-corrected chi connectivity index (χ1v) is 9.40. The number of nitrogens with one attached hydrogen (secondary N) is 1. The van der Waals surface area contributed by atoms with Gasteiger partial charge in [0.05, 0.1) is 31.8 Å². The molecule has 0 saturated carbocycles. The molecule has 2 heterocycles. The molecule has 2 aliphatic heterocycles. The van der Waals surface area contributed by atoms with E-state index in [4.69, 9.17) is 14.2 Å². The molecule has 0 spiro atoms. The summed E-state index contributed by atoms with van der Waals surface area (Å²) in [6.07, 6.45) is 6.09. The lowest BCUT2D eigenvalue weighted by Gasteiger charge is -2.35. The average molecular weight is 355 g/mol. The molecule has 7 nitrogen and oxygen atoms in total. The van der Waals surface area contributed by atoms with Crippen LogP contribution in [0.25, 0.3) is 0 Å². The van der Waals surface area contributed by atoms with E-state index in [0.717, 1.165) is 44.9 Å². The van der Waals surface area contributed by atoms with Gasteiger partial charge in [0.1, 0.15) is 0 Å². The third-order valence-corrected chi connectivity index (χ3v) is 4.92. The van der Waals surface area contributed by atoms with Crippen molar-refractivity contribution in [2.45, 2.75) is 51.2 Å². The highest BCUT2D eigenvalue weighted by Crippen LogP contribution is 2.18. The quantitative estimate of drug-likeness (QED) is 0.441. The molecule has 0 amide bonds. The minimum Gasteiger partial charge on any atom is -0.469 e. The number of carbonyl (C=O) groups is 1. The fraction of sp³-hybridized carbons (Fsp3) is 0.889. The van der Waals surface area contributed by atoms with Gasteiger partial charge in [-0.1, -0.05) is 6.92 Å². The number of piperidine rings is 1. The van der Waals surface area contributed by atoms with E-state index in [1.807, 2.05) is 6.92 Å². The first-order valence-electron chi connectivity index (χ1n) is 9.40. The molecule has 2 aliphatic rings. The minimum atomic E-state index is -0.208. The lowest BCUT2D eigenvalue weighted by Crippen LogP contribution is -2.48. The van der Waals surface area contributed by atoms with Crippen molar-refractivity contribution < 1.29 is 19.0 Å². The molecule has 144 valence electrons. The van der Waals surface area contributed by atoms with Crippen LogP contribution in [0.3, 0.4) is 0 Å². The molecule has 2 unspecified atom stereocenters. The number of likely N-dealkylation sites (tertiary alicyclic amines) is 1. The summed E-state index contributed by atoms with van der Waals surface area (Å²) < 4.78 is 16.5. The van der Waals surface area contributed by atoms with E-state index in [1.54, 1.807) is 7.05 Å². The third-order valence-electron chi connectivity index (χ3n) is 4.92. The fourth-order valence-corrected chi connectivity index (χ4v) is 3.28. The van der Waals surface area contributed by atoms with Gasteiger partial charge in [-0.15, -0.1) is 0 Å². The zero-order valence-corrected chi connectivity index (χ0v) is 15.8. The van der Waals surface area contributed by atoms with Crippen LogP contribution in [-0.4, -0.2) is 76.0 Å². The van der Waals surface area contributed by atoms with Gasteiger partial charge in [0, 0.05) is 33.3 Å².